The molecule has 0 radical (unpaired) electrons. The molecule has 0 spiro atoms. The van der Waals surface area contributed by atoms with Crippen molar-refractivity contribution in [2.75, 3.05) is 18.8 Å². The summed E-state index contributed by atoms with van der Waals surface area (Å²) in [6.45, 7) is 3.23. The molecule has 1 saturated heterocycles. The first-order valence-corrected chi connectivity index (χ1v) is 6.63. The van der Waals surface area contributed by atoms with E-state index in [9.17, 15) is 18.3 Å². The summed E-state index contributed by atoms with van der Waals surface area (Å²) in [5.41, 5.74) is 5.06. The van der Waals surface area contributed by atoms with Crippen LogP contribution in [0.15, 0.2) is 18.2 Å². The number of nitrogens with two attached hydrogens (primary N) is 1. The van der Waals surface area contributed by atoms with E-state index in [1.165, 1.54) is 12.1 Å². The lowest BCUT2D eigenvalue weighted by Gasteiger charge is -2.34. The van der Waals surface area contributed by atoms with Crippen molar-refractivity contribution < 1.29 is 18.3 Å². The molecule has 1 aliphatic rings. The zero-order valence-corrected chi connectivity index (χ0v) is 11.3. The van der Waals surface area contributed by atoms with Gasteiger partial charge < -0.3 is 10.8 Å². The fraction of sp³-hybridized carbons (Fsp3) is 0.571. The van der Waals surface area contributed by atoms with Crippen LogP contribution in [-0.2, 0) is 12.7 Å². The fourth-order valence-corrected chi connectivity index (χ4v) is 2.49. The number of anilines is 1. The fourth-order valence-electron chi connectivity index (χ4n) is 2.49. The Kier molecular flexibility index (Phi) is 4.25. The molecule has 3 N–H and O–H groups in total. The van der Waals surface area contributed by atoms with E-state index in [1.54, 1.807) is 0 Å². The lowest BCUT2D eigenvalue weighted by Crippen LogP contribution is -2.42. The summed E-state index contributed by atoms with van der Waals surface area (Å²) in [7, 11) is 0. The predicted molar refractivity (Wildman–Crippen MR) is 70.9 cm³/mol. The first-order valence-electron chi connectivity index (χ1n) is 6.63. The van der Waals surface area contributed by atoms with E-state index < -0.39 is 17.8 Å². The standard InChI is InChI=1S/C14H19F3N2O/c1-9-4-5-19(8-13(9)20)7-10-2-3-11(18)6-12(10)14(15,16)17/h2-3,6,9,13,20H,4-5,7-8,18H2,1H3. The molecule has 0 amide bonds. The summed E-state index contributed by atoms with van der Waals surface area (Å²) in [5.74, 6) is 0.194. The van der Waals surface area contributed by atoms with Crippen molar-refractivity contribution in [2.24, 2.45) is 5.92 Å². The van der Waals surface area contributed by atoms with E-state index >= 15 is 0 Å². The summed E-state index contributed by atoms with van der Waals surface area (Å²) in [4.78, 5) is 1.85. The van der Waals surface area contributed by atoms with Crippen LogP contribution in [0.1, 0.15) is 24.5 Å². The highest BCUT2D eigenvalue weighted by Crippen LogP contribution is 2.34. The normalized spacial score (nSPS) is 24.9. The van der Waals surface area contributed by atoms with E-state index in [2.05, 4.69) is 0 Å². The second-order valence-corrected chi connectivity index (χ2v) is 5.48. The average molecular weight is 288 g/mol. The largest absolute Gasteiger partial charge is 0.416 e. The molecule has 1 aromatic rings. The molecule has 3 nitrogen and oxygen atoms in total. The summed E-state index contributed by atoms with van der Waals surface area (Å²) >= 11 is 0. The number of hydrogen-bond donors (Lipinski definition) is 2. The number of β-amino-alcohol motifs (C(OH)–C–C–N with tert-alkyl or cyclic N) is 1. The van der Waals surface area contributed by atoms with Gasteiger partial charge in [0.2, 0.25) is 0 Å². The molecular weight excluding hydrogens is 269 g/mol. The Labute approximate surface area is 116 Å². The van der Waals surface area contributed by atoms with E-state index in [0.29, 0.717) is 13.1 Å². The molecule has 1 aromatic carbocycles. The van der Waals surface area contributed by atoms with Gasteiger partial charge in [0.15, 0.2) is 0 Å². The minimum Gasteiger partial charge on any atom is -0.399 e. The van der Waals surface area contributed by atoms with Crippen molar-refractivity contribution in [3.05, 3.63) is 29.3 Å². The highest BCUT2D eigenvalue weighted by molar-refractivity contribution is 5.46. The monoisotopic (exact) mass is 288 g/mol. The Hall–Kier alpha value is -1.27. The zero-order valence-electron chi connectivity index (χ0n) is 11.3. The van der Waals surface area contributed by atoms with Crippen LogP contribution in [0, 0.1) is 5.92 Å². The quantitative estimate of drug-likeness (QED) is 0.822. The molecule has 20 heavy (non-hydrogen) atoms. The minimum absolute atomic E-state index is 0.105. The van der Waals surface area contributed by atoms with Crippen molar-refractivity contribution in [2.45, 2.75) is 32.2 Å². The van der Waals surface area contributed by atoms with E-state index in [-0.39, 0.29) is 23.7 Å². The number of halogens is 3. The molecule has 0 saturated carbocycles. The van der Waals surface area contributed by atoms with Gasteiger partial charge in [0.25, 0.3) is 0 Å². The molecule has 6 heteroatoms. The van der Waals surface area contributed by atoms with Crippen LogP contribution in [0.2, 0.25) is 0 Å². The SMILES string of the molecule is CC1CCN(Cc2ccc(N)cc2C(F)(F)F)CC1O. The second kappa shape index (κ2) is 5.61. The van der Waals surface area contributed by atoms with Gasteiger partial charge in [-0.1, -0.05) is 13.0 Å². The molecule has 2 atom stereocenters. The first-order chi connectivity index (χ1) is 9.27. The third-order valence-electron chi connectivity index (χ3n) is 3.84. The molecule has 1 heterocycles. The smallest absolute Gasteiger partial charge is 0.399 e. The third-order valence-corrected chi connectivity index (χ3v) is 3.84. The molecule has 0 aromatic heterocycles. The number of piperidine rings is 1. The summed E-state index contributed by atoms with van der Waals surface area (Å²) in [6.07, 6.45) is -4.10. The lowest BCUT2D eigenvalue weighted by atomic mass is 9.95. The Balaban J connectivity index is 2.17. The van der Waals surface area contributed by atoms with Gasteiger partial charge in [-0.25, -0.2) is 0 Å². The van der Waals surface area contributed by atoms with Crippen LogP contribution in [0.3, 0.4) is 0 Å². The van der Waals surface area contributed by atoms with Crippen molar-refractivity contribution in [3.8, 4) is 0 Å². The van der Waals surface area contributed by atoms with Gasteiger partial charge in [-0.3, -0.25) is 4.90 Å². The third kappa shape index (κ3) is 3.43. The van der Waals surface area contributed by atoms with Crippen LogP contribution in [0.5, 0.6) is 0 Å². The van der Waals surface area contributed by atoms with Crippen LogP contribution < -0.4 is 5.73 Å². The van der Waals surface area contributed by atoms with Crippen molar-refractivity contribution in [1.82, 2.24) is 4.90 Å². The Morgan fingerprint density at radius 2 is 2.10 bits per heavy atom. The molecule has 2 rings (SSSR count). The van der Waals surface area contributed by atoms with Gasteiger partial charge in [-0.05, 0) is 36.6 Å². The van der Waals surface area contributed by atoms with Crippen LogP contribution in [0.4, 0.5) is 18.9 Å². The highest BCUT2D eigenvalue weighted by Gasteiger charge is 2.34. The maximum atomic E-state index is 13.0. The Morgan fingerprint density at radius 3 is 2.70 bits per heavy atom. The number of alkyl halides is 3. The van der Waals surface area contributed by atoms with Crippen LogP contribution >= 0.6 is 0 Å². The van der Waals surface area contributed by atoms with Gasteiger partial charge in [-0.15, -0.1) is 0 Å². The van der Waals surface area contributed by atoms with Gasteiger partial charge in [0.1, 0.15) is 0 Å². The van der Waals surface area contributed by atoms with Gasteiger partial charge in [-0.2, -0.15) is 13.2 Å². The number of nitrogens with zero attached hydrogens (tertiary/aromatic N) is 1. The highest BCUT2D eigenvalue weighted by atomic mass is 19.4. The van der Waals surface area contributed by atoms with Gasteiger partial charge in [0.05, 0.1) is 11.7 Å². The predicted octanol–water partition coefficient (Wildman–Crippen LogP) is 2.49. The number of aliphatic hydroxyl groups is 1. The number of rotatable bonds is 2. The molecule has 0 aliphatic carbocycles. The second-order valence-electron chi connectivity index (χ2n) is 5.48. The molecule has 1 fully saturated rings. The lowest BCUT2D eigenvalue weighted by molar-refractivity contribution is -0.138. The number of nitrogen functional groups attached to an aromatic ring is 1. The van der Waals surface area contributed by atoms with E-state index in [4.69, 9.17) is 5.73 Å². The van der Waals surface area contributed by atoms with E-state index in [0.717, 1.165) is 12.5 Å². The molecule has 0 bridgehead atoms. The van der Waals surface area contributed by atoms with Crippen molar-refractivity contribution in [1.29, 1.82) is 0 Å². The summed E-state index contributed by atoms with van der Waals surface area (Å²) in [6, 6.07) is 3.87. The number of benzene rings is 1. The average Bonchev–Trinajstić information content (AvgIpc) is 2.35. The zero-order chi connectivity index (χ0) is 14.9. The maximum Gasteiger partial charge on any atom is 0.416 e. The molecular formula is C14H19F3N2O. The van der Waals surface area contributed by atoms with Crippen LogP contribution in [0.25, 0.3) is 0 Å². The van der Waals surface area contributed by atoms with Crippen molar-refractivity contribution >= 4 is 5.69 Å². The Morgan fingerprint density at radius 1 is 1.40 bits per heavy atom. The summed E-state index contributed by atoms with van der Waals surface area (Å²) < 4.78 is 39.0. The van der Waals surface area contributed by atoms with Crippen LogP contribution in [-0.4, -0.2) is 29.2 Å². The topological polar surface area (TPSA) is 49.5 Å². The molecule has 2 unspecified atom stereocenters. The van der Waals surface area contributed by atoms with Gasteiger partial charge >= 0.3 is 6.18 Å². The first kappa shape index (κ1) is 15.1. The minimum atomic E-state index is -4.41. The molecule has 112 valence electrons. The molecule has 1 aliphatic heterocycles. The number of aliphatic hydroxyl groups excluding tert-OH is 1. The summed E-state index contributed by atoms with van der Waals surface area (Å²) in [5, 5.41) is 9.82. The maximum absolute atomic E-state index is 13.0. The van der Waals surface area contributed by atoms with Gasteiger partial charge in [0, 0.05) is 18.8 Å². The Bertz CT molecular complexity index is 476. The number of likely N-dealkylation sites (tertiary alicyclic amines) is 1. The number of hydrogen-bond acceptors (Lipinski definition) is 3. The van der Waals surface area contributed by atoms with E-state index in [1.807, 2.05) is 11.8 Å². The van der Waals surface area contributed by atoms with Crippen molar-refractivity contribution in [3.63, 3.8) is 0 Å².